The zero-order valence-corrected chi connectivity index (χ0v) is 10.5. The lowest BCUT2D eigenvalue weighted by atomic mass is 10.2. The van der Waals surface area contributed by atoms with Gasteiger partial charge in [-0.3, -0.25) is 4.79 Å². The lowest BCUT2D eigenvalue weighted by molar-refractivity contribution is -0.267. The Bertz CT molecular complexity index is 472. The van der Waals surface area contributed by atoms with E-state index in [4.69, 9.17) is 0 Å². The largest absolute Gasteiger partial charge is 0.463 e. The topological polar surface area (TPSA) is 29.1 Å². The first-order valence-corrected chi connectivity index (χ1v) is 5.38. The molecule has 1 aromatic carbocycles. The van der Waals surface area contributed by atoms with Gasteiger partial charge in [0.05, 0.1) is 0 Å². The Morgan fingerprint density at radius 3 is 2.28 bits per heavy atom. The van der Waals surface area contributed by atoms with E-state index in [1.165, 1.54) is 19.1 Å². The SMILES string of the molecule is Cc1c(Br)cccc1NC(=O)C(F)(F)C(F)(F)F. The molecule has 0 spiro atoms. The molecule has 0 radical (unpaired) electrons. The normalized spacial score (nSPS) is 12.4. The summed E-state index contributed by atoms with van der Waals surface area (Å²) in [5, 5.41) is 1.56. The summed E-state index contributed by atoms with van der Waals surface area (Å²) in [5.74, 6) is -7.84. The van der Waals surface area contributed by atoms with Crippen molar-refractivity contribution in [1.82, 2.24) is 0 Å². The summed E-state index contributed by atoms with van der Waals surface area (Å²) in [6.45, 7) is 1.46. The Labute approximate surface area is 107 Å². The van der Waals surface area contributed by atoms with E-state index in [1.807, 2.05) is 0 Å². The fourth-order valence-electron chi connectivity index (χ4n) is 1.07. The van der Waals surface area contributed by atoms with E-state index in [9.17, 15) is 26.7 Å². The van der Waals surface area contributed by atoms with E-state index in [2.05, 4.69) is 15.9 Å². The van der Waals surface area contributed by atoms with Crippen LogP contribution in [0, 0.1) is 6.92 Å². The van der Waals surface area contributed by atoms with E-state index < -0.39 is 18.0 Å². The summed E-state index contributed by atoms with van der Waals surface area (Å²) in [6.07, 6.45) is -5.92. The van der Waals surface area contributed by atoms with Crippen LogP contribution in [0.15, 0.2) is 22.7 Å². The van der Waals surface area contributed by atoms with Crippen molar-refractivity contribution in [1.29, 1.82) is 0 Å². The minimum absolute atomic E-state index is 0.113. The van der Waals surface area contributed by atoms with Crippen LogP contribution in [0.5, 0.6) is 0 Å². The number of carbonyl (C=O) groups is 1. The Morgan fingerprint density at radius 1 is 1.22 bits per heavy atom. The van der Waals surface area contributed by atoms with Crippen LogP contribution in [-0.2, 0) is 4.79 Å². The fourth-order valence-corrected chi connectivity index (χ4v) is 1.44. The number of alkyl halides is 5. The van der Waals surface area contributed by atoms with Crippen LogP contribution in [0.2, 0.25) is 0 Å². The van der Waals surface area contributed by atoms with Crippen molar-refractivity contribution < 1.29 is 26.7 Å². The molecule has 18 heavy (non-hydrogen) atoms. The molecule has 1 aromatic rings. The molecule has 0 atom stereocenters. The number of rotatable bonds is 2. The van der Waals surface area contributed by atoms with Crippen LogP contribution in [-0.4, -0.2) is 18.0 Å². The molecule has 1 N–H and O–H groups in total. The molecule has 0 aliphatic rings. The molecular formula is C10H7BrF5NO. The summed E-state index contributed by atoms with van der Waals surface area (Å²) in [4.78, 5) is 10.9. The van der Waals surface area contributed by atoms with Crippen molar-refractivity contribution in [3.05, 3.63) is 28.2 Å². The van der Waals surface area contributed by atoms with Crippen LogP contribution >= 0.6 is 15.9 Å². The van der Waals surface area contributed by atoms with Gasteiger partial charge in [0.25, 0.3) is 0 Å². The average Bonchev–Trinajstić information content (AvgIpc) is 2.23. The lowest BCUT2D eigenvalue weighted by Crippen LogP contribution is -2.47. The molecule has 1 amide bonds. The lowest BCUT2D eigenvalue weighted by Gasteiger charge is -2.19. The highest BCUT2D eigenvalue weighted by atomic mass is 79.9. The first-order valence-electron chi connectivity index (χ1n) is 4.58. The van der Waals surface area contributed by atoms with Gasteiger partial charge in [-0.2, -0.15) is 22.0 Å². The van der Waals surface area contributed by atoms with Crippen molar-refractivity contribution in [3.63, 3.8) is 0 Å². The number of benzene rings is 1. The molecule has 0 saturated heterocycles. The second kappa shape index (κ2) is 4.83. The molecule has 0 heterocycles. The number of amides is 1. The number of hydrogen-bond donors (Lipinski definition) is 1. The predicted octanol–water partition coefficient (Wildman–Crippen LogP) is 3.89. The zero-order chi connectivity index (χ0) is 14.1. The molecule has 0 bridgehead atoms. The van der Waals surface area contributed by atoms with Gasteiger partial charge in [0.15, 0.2) is 0 Å². The van der Waals surface area contributed by atoms with Gasteiger partial charge in [0.2, 0.25) is 0 Å². The third kappa shape index (κ3) is 2.80. The third-order valence-corrected chi connectivity index (χ3v) is 3.02. The minimum Gasteiger partial charge on any atom is -0.320 e. The highest BCUT2D eigenvalue weighted by Crippen LogP contribution is 2.36. The first-order chi connectivity index (χ1) is 8.07. The van der Waals surface area contributed by atoms with Crippen molar-refractivity contribution in [2.45, 2.75) is 19.0 Å². The van der Waals surface area contributed by atoms with Crippen LogP contribution in [0.25, 0.3) is 0 Å². The van der Waals surface area contributed by atoms with Crippen LogP contribution < -0.4 is 5.32 Å². The Kier molecular flexibility index (Phi) is 3.99. The summed E-state index contributed by atoms with van der Waals surface area (Å²) in [7, 11) is 0. The van der Waals surface area contributed by atoms with Crippen molar-refractivity contribution in [3.8, 4) is 0 Å². The summed E-state index contributed by atoms with van der Waals surface area (Å²) < 4.78 is 61.7. The van der Waals surface area contributed by atoms with E-state index >= 15 is 0 Å². The maximum Gasteiger partial charge on any atom is 0.463 e. The van der Waals surface area contributed by atoms with Gasteiger partial charge < -0.3 is 5.32 Å². The predicted molar refractivity (Wildman–Crippen MR) is 58.5 cm³/mol. The van der Waals surface area contributed by atoms with E-state index in [0.717, 1.165) is 0 Å². The summed E-state index contributed by atoms with van der Waals surface area (Å²) in [6, 6.07) is 4.19. The summed E-state index contributed by atoms with van der Waals surface area (Å²) in [5.41, 5.74) is 0.238. The second-order valence-electron chi connectivity index (χ2n) is 3.44. The third-order valence-electron chi connectivity index (χ3n) is 2.16. The molecule has 2 nitrogen and oxygen atoms in total. The van der Waals surface area contributed by atoms with Gasteiger partial charge >= 0.3 is 18.0 Å². The molecular weight excluding hydrogens is 325 g/mol. The number of anilines is 1. The van der Waals surface area contributed by atoms with Crippen LogP contribution in [0.1, 0.15) is 5.56 Å². The molecule has 0 unspecified atom stereocenters. The molecule has 0 aromatic heterocycles. The smallest absolute Gasteiger partial charge is 0.320 e. The van der Waals surface area contributed by atoms with E-state index in [1.54, 1.807) is 11.4 Å². The highest BCUT2D eigenvalue weighted by molar-refractivity contribution is 9.10. The Balaban J connectivity index is 2.99. The molecule has 0 fully saturated rings. The molecule has 0 aliphatic heterocycles. The number of hydrogen-bond acceptors (Lipinski definition) is 1. The van der Waals surface area contributed by atoms with Gasteiger partial charge in [-0.1, -0.05) is 22.0 Å². The van der Waals surface area contributed by atoms with Gasteiger partial charge in [-0.05, 0) is 24.6 Å². The Hall–Kier alpha value is -1.18. The molecule has 0 saturated carbocycles. The molecule has 100 valence electrons. The quantitative estimate of drug-likeness (QED) is 0.818. The second-order valence-corrected chi connectivity index (χ2v) is 4.29. The summed E-state index contributed by atoms with van der Waals surface area (Å²) >= 11 is 3.06. The maximum atomic E-state index is 12.7. The van der Waals surface area contributed by atoms with Crippen LogP contribution in [0.4, 0.5) is 27.6 Å². The monoisotopic (exact) mass is 331 g/mol. The Morgan fingerprint density at radius 2 is 1.78 bits per heavy atom. The average molecular weight is 332 g/mol. The van der Waals surface area contributed by atoms with Crippen LogP contribution in [0.3, 0.4) is 0 Å². The van der Waals surface area contributed by atoms with Gasteiger partial charge in [-0.15, -0.1) is 0 Å². The highest BCUT2D eigenvalue weighted by Gasteiger charge is 2.63. The fraction of sp³-hybridized carbons (Fsp3) is 0.300. The maximum absolute atomic E-state index is 12.7. The van der Waals surface area contributed by atoms with Gasteiger partial charge in [0.1, 0.15) is 0 Å². The first kappa shape index (κ1) is 14.9. The number of carbonyl (C=O) groups excluding carboxylic acids is 1. The number of nitrogens with one attached hydrogen (secondary N) is 1. The molecule has 8 heteroatoms. The minimum atomic E-state index is -5.92. The van der Waals surface area contributed by atoms with E-state index in [-0.39, 0.29) is 5.69 Å². The molecule has 1 rings (SSSR count). The van der Waals surface area contributed by atoms with Gasteiger partial charge in [0, 0.05) is 10.2 Å². The van der Waals surface area contributed by atoms with Gasteiger partial charge in [-0.25, -0.2) is 0 Å². The van der Waals surface area contributed by atoms with Crippen molar-refractivity contribution in [2.75, 3.05) is 5.32 Å². The number of halogens is 6. The van der Waals surface area contributed by atoms with Crippen molar-refractivity contribution in [2.24, 2.45) is 0 Å². The van der Waals surface area contributed by atoms with Crippen molar-refractivity contribution >= 4 is 27.5 Å². The zero-order valence-electron chi connectivity index (χ0n) is 8.91. The standard InChI is InChI=1S/C10H7BrF5NO/c1-5-6(11)3-2-4-7(5)17-8(18)9(12,13)10(14,15)16/h2-4H,1H3,(H,17,18). The van der Waals surface area contributed by atoms with E-state index in [0.29, 0.717) is 10.0 Å². The molecule has 0 aliphatic carbocycles.